The summed E-state index contributed by atoms with van der Waals surface area (Å²) < 4.78 is 16.0. The minimum Gasteiger partial charge on any atom is -0.358 e. The molecule has 29 heavy (non-hydrogen) atoms. The van der Waals surface area contributed by atoms with Gasteiger partial charge in [-0.1, -0.05) is 24.6 Å². The molecule has 0 radical (unpaired) electrons. The third-order valence-electron chi connectivity index (χ3n) is 4.32. The topological polar surface area (TPSA) is 108 Å². The molecule has 0 aliphatic heterocycles. The Morgan fingerprint density at radius 1 is 1.34 bits per heavy atom. The van der Waals surface area contributed by atoms with Gasteiger partial charge in [0.05, 0.1) is 23.4 Å². The third kappa shape index (κ3) is 4.60. The van der Waals surface area contributed by atoms with Crippen molar-refractivity contribution in [3.8, 4) is 0 Å². The van der Waals surface area contributed by atoms with Crippen LogP contribution in [-0.2, 0) is 11.3 Å². The summed E-state index contributed by atoms with van der Waals surface area (Å²) in [6, 6.07) is 6.31. The number of halogens is 2. The Labute approximate surface area is 170 Å². The average Bonchev–Trinajstić information content (AvgIpc) is 3.25. The number of hydrogen-bond acceptors (Lipinski definition) is 5. The first-order valence-electron chi connectivity index (χ1n) is 8.77. The van der Waals surface area contributed by atoms with Gasteiger partial charge in [-0.15, -0.1) is 0 Å². The smallest absolute Gasteiger partial charge is 0.358 e. The van der Waals surface area contributed by atoms with Gasteiger partial charge in [-0.05, 0) is 36.0 Å². The van der Waals surface area contributed by atoms with Crippen molar-refractivity contribution in [2.75, 3.05) is 5.32 Å². The summed E-state index contributed by atoms with van der Waals surface area (Å²) in [4.78, 5) is 23.0. The first kappa shape index (κ1) is 20.5. The van der Waals surface area contributed by atoms with Crippen molar-refractivity contribution in [2.24, 2.45) is 0 Å². The van der Waals surface area contributed by atoms with Crippen LogP contribution < -0.4 is 5.32 Å². The van der Waals surface area contributed by atoms with Gasteiger partial charge < -0.3 is 15.4 Å². The van der Waals surface area contributed by atoms with Gasteiger partial charge in [-0.25, -0.2) is 4.39 Å². The molecule has 9 nitrogen and oxygen atoms in total. The molecule has 0 saturated heterocycles. The SMILES string of the molecule is CCC(C(=O)Nc1ccn(Cc2ccc(F)cc2Cl)n1)n1nc([N+](=O)[O-])cc1C. The first-order chi connectivity index (χ1) is 13.8. The molecule has 1 unspecified atom stereocenters. The zero-order valence-corrected chi connectivity index (χ0v) is 16.4. The minimum atomic E-state index is -0.722. The highest BCUT2D eigenvalue weighted by Gasteiger charge is 2.27. The van der Waals surface area contributed by atoms with Crippen molar-refractivity contribution < 1.29 is 14.1 Å². The van der Waals surface area contributed by atoms with Crippen LogP contribution in [0.15, 0.2) is 36.5 Å². The van der Waals surface area contributed by atoms with Crippen LogP contribution in [-0.4, -0.2) is 30.4 Å². The summed E-state index contributed by atoms with van der Waals surface area (Å²) in [5.74, 6) is -0.814. The van der Waals surface area contributed by atoms with Crippen LogP contribution in [0.25, 0.3) is 0 Å². The molecule has 0 spiro atoms. The lowest BCUT2D eigenvalue weighted by Crippen LogP contribution is -2.27. The van der Waals surface area contributed by atoms with Gasteiger partial charge in [-0.3, -0.25) is 9.48 Å². The summed E-state index contributed by atoms with van der Waals surface area (Å²) in [6.07, 6.45) is 2.04. The molecule has 11 heteroatoms. The fourth-order valence-corrected chi connectivity index (χ4v) is 3.12. The normalized spacial score (nSPS) is 12.0. The maximum absolute atomic E-state index is 13.2. The molecule has 1 N–H and O–H groups in total. The standard InChI is InChI=1S/C18H18ClFN6O3/c1-3-15(25-11(2)8-17(23-25)26(28)29)18(27)21-16-6-7-24(22-16)10-12-4-5-13(20)9-14(12)19/h4-9,15H,3,10H2,1-2H3,(H,21,22,27). The number of aryl methyl sites for hydroxylation is 1. The number of aromatic nitrogens is 4. The molecule has 1 aromatic carbocycles. The van der Waals surface area contributed by atoms with E-state index in [-0.39, 0.29) is 10.8 Å². The Balaban J connectivity index is 1.72. The monoisotopic (exact) mass is 420 g/mol. The highest BCUT2D eigenvalue weighted by atomic mass is 35.5. The Hall–Kier alpha value is -3.27. The van der Waals surface area contributed by atoms with Gasteiger partial charge in [0.15, 0.2) is 11.9 Å². The molecule has 1 atom stereocenters. The number of carbonyl (C=O) groups is 1. The van der Waals surface area contributed by atoms with E-state index in [0.29, 0.717) is 30.0 Å². The van der Waals surface area contributed by atoms with Gasteiger partial charge >= 0.3 is 5.82 Å². The van der Waals surface area contributed by atoms with E-state index < -0.39 is 22.7 Å². The lowest BCUT2D eigenvalue weighted by atomic mass is 10.2. The van der Waals surface area contributed by atoms with Gasteiger partial charge in [-0.2, -0.15) is 9.78 Å². The maximum Gasteiger partial charge on any atom is 0.390 e. The average molecular weight is 421 g/mol. The zero-order chi connectivity index (χ0) is 21.1. The minimum absolute atomic E-state index is 0.285. The highest BCUT2D eigenvalue weighted by Crippen LogP contribution is 2.21. The number of anilines is 1. The van der Waals surface area contributed by atoms with Crippen molar-refractivity contribution in [1.82, 2.24) is 19.6 Å². The number of carbonyl (C=O) groups excluding carboxylic acids is 1. The van der Waals surface area contributed by atoms with E-state index >= 15 is 0 Å². The van der Waals surface area contributed by atoms with E-state index in [1.165, 1.54) is 22.9 Å². The lowest BCUT2D eigenvalue weighted by molar-refractivity contribution is -0.389. The van der Waals surface area contributed by atoms with Crippen molar-refractivity contribution in [1.29, 1.82) is 0 Å². The molecule has 3 aromatic rings. The van der Waals surface area contributed by atoms with Crippen molar-refractivity contribution >= 4 is 29.1 Å². The lowest BCUT2D eigenvalue weighted by Gasteiger charge is -2.13. The van der Waals surface area contributed by atoms with Gasteiger partial charge in [0.2, 0.25) is 0 Å². The second-order valence-electron chi connectivity index (χ2n) is 6.39. The second-order valence-corrected chi connectivity index (χ2v) is 6.80. The number of amides is 1. The van der Waals surface area contributed by atoms with Gasteiger partial charge in [0, 0.05) is 17.3 Å². The molecule has 2 heterocycles. The number of nitro groups is 1. The van der Waals surface area contributed by atoms with Crippen LogP contribution in [0.1, 0.15) is 30.6 Å². The quantitative estimate of drug-likeness (QED) is 0.463. The van der Waals surface area contributed by atoms with E-state index in [2.05, 4.69) is 15.5 Å². The van der Waals surface area contributed by atoms with Crippen LogP contribution >= 0.6 is 11.6 Å². The molecule has 152 valence electrons. The second kappa shape index (κ2) is 8.39. The van der Waals surface area contributed by atoms with E-state index in [1.54, 1.807) is 36.9 Å². The Morgan fingerprint density at radius 3 is 2.72 bits per heavy atom. The Kier molecular flexibility index (Phi) is 5.92. The van der Waals surface area contributed by atoms with Crippen LogP contribution in [0.3, 0.4) is 0 Å². The Morgan fingerprint density at radius 2 is 2.10 bits per heavy atom. The summed E-state index contributed by atoms with van der Waals surface area (Å²) >= 11 is 6.03. The summed E-state index contributed by atoms with van der Waals surface area (Å²) in [5, 5.41) is 22.1. The predicted molar refractivity (Wildman–Crippen MR) is 104 cm³/mol. The van der Waals surface area contributed by atoms with Crippen LogP contribution in [0.4, 0.5) is 16.0 Å². The molecule has 0 fully saturated rings. The number of benzene rings is 1. The van der Waals surface area contributed by atoms with Crippen molar-refractivity contribution in [2.45, 2.75) is 32.9 Å². The zero-order valence-electron chi connectivity index (χ0n) is 15.7. The van der Waals surface area contributed by atoms with Crippen LogP contribution in [0.5, 0.6) is 0 Å². The molecular formula is C18H18ClFN6O3. The van der Waals surface area contributed by atoms with E-state index in [0.717, 1.165) is 0 Å². The molecule has 0 aliphatic rings. The van der Waals surface area contributed by atoms with Crippen LogP contribution in [0, 0.1) is 22.9 Å². The molecular weight excluding hydrogens is 403 g/mol. The third-order valence-corrected chi connectivity index (χ3v) is 4.67. The summed E-state index contributed by atoms with van der Waals surface area (Å²) in [5.41, 5.74) is 1.19. The van der Waals surface area contributed by atoms with Crippen molar-refractivity contribution in [3.05, 3.63) is 68.7 Å². The van der Waals surface area contributed by atoms with Gasteiger partial charge in [0.1, 0.15) is 5.82 Å². The molecule has 0 aliphatic carbocycles. The first-order valence-corrected chi connectivity index (χ1v) is 9.15. The maximum atomic E-state index is 13.2. The van der Waals surface area contributed by atoms with Crippen molar-refractivity contribution in [3.63, 3.8) is 0 Å². The van der Waals surface area contributed by atoms with Crippen LogP contribution in [0.2, 0.25) is 5.02 Å². The summed E-state index contributed by atoms with van der Waals surface area (Å²) in [6.45, 7) is 3.74. The molecule has 0 bridgehead atoms. The van der Waals surface area contributed by atoms with E-state index in [1.807, 2.05) is 0 Å². The number of nitrogens with zero attached hydrogens (tertiary/aromatic N) is 5. The molecule has 3 rings (SSSR count). The highest BCUT2D eigenvalue weighted by molar-refractivity contribution is 6.31. The summed E-state index contributed by atoms with van der Waals surface area (Å²) in [7, 11) is 0. The number of nitrogens with one attached hydrogen (secondary N) is 1. The fraction of sp³-hybridized carbons (Fsp3) is 0.278. The van der Waals surface area contributed by atoms with Gasteiger partial charge in [0.25, 0.3) is 5.91 Å². The largest absolute Gasteiger partial charge is 0.390 e. The molecule has 0 saturated carbocycles. The number of rotatable bonds is 7. The molecule has 2 aromatic heterocycles. The molecule has 1 amide bonds. The fourth-order valence-electron chi connectivity index (χ4n) is 2.90. The predicted octanol–water partition coefficient (Wildman–Crippen LogP) is 3.73. The van der Waals surface area contributed by atoms with E-state index in [4.69, 9.17) is 11.6 Å². The Bertz CT molecular complexity index is 1060. The number of hydrogen-bond donors (Lipinski definition) is 1. The van der Waals surface area contributed by atoms with E-state index in [9.17, 15) is 19.3 Å².